The molecule has 3 heteroatoms. The molecule has 0 aliphatic carbocycles. The van der Waals surface area contributed by atoms with Crippen LogP contribution in [0.2, 0.25) is 0 Å². The summed E-state index contributed by atoms with van der Waals surface area (Å²) in [6, 6.07) is 6.35. The van der Waals surface area contributed by atoms with Crippen LogP contribution in [0, 0.1) is 5.92 Å². The summed E-state index contributed by atoms with van der Waals surface area (Å²) < 4.78 is 0. The van der Waals surface area contributed by atoms with Crippen molar-refractivity contribution in [3.63, 3.8) is 0 Å². The predicted octanol–water partition coefficient (Wildman–Crippen LogP) is 2.42. The lowest BCUT2D eigenvalue weighted by molar-refractivity contribution is 0.309. The Morgan fingerprint density at radius 1 is 1.39 bits per heavy atom. The summed E-state index contributed by atoms with van der Waals surface area (Å²) in [5.74, 6) is 0.912. The number of nitrogens with one attached hydrogen (secondary N) is 1. The molecule has 1 unspecified atom stereocenters. The molecular weight excluding hydrogens is 222 g/mol. The fraction of sp³-hybridized carbons (Fsp3) is 0.667. The van der Waals surface area contributed by atoms with Gasteiger partial charge in [0.2, 0.25) is 0 Å². The van der Waals surface area contributed by atoms with Gasteiger partial charge in [0.1, 0.15) is 0 Å². The topological polar surface area (TPSA) is 28.2 Å². The van der Waals surface area contributed by atoms with E-state index in [0.717, 1.165) is 24.7 Å². The van der Waals surface area contributed by atoms with Gasteiger partial charge in [-0.25, -0.2) is 0 Å². The van der Waals surface area contributed by atoms with Crippen LogP contribution in [0.3, 0.4) is 0 Å². The third-order valence-corrected chi connectivity index (χ3v) is 3.67. The van der Waals surface area contributed by atoms with Gasteiger partial charge in [-0.2, -0.15) is 0 Å². The monoisotopic (exact) mass is 247 g/mol. The van der Waals surface area contributed by atoms with Crippen LogP contribution in [0.4, 0.5) is 0 Å². The van der Waals surface area contributed by atoms with Crippen molar-refractivity contribution in [3.05, 3.63) is 29.6 Å². The van der Waals surface area contributed by atoms with Gasteiger partial charge in [0, 0.05) is 19.6 Å². The summed E-state index contributed by atoms with van der Waals surface area (Å²) in [5, 5.41) is 3.15. The standard InChI is InChI=1S/C15H25N3/c1-3-5-13-8-9-18(11-13)12-15-7-4-6-14(17-15)10-16-2/h4,6-7,13,16H,3,5,8-12H2,1-2H3. The van der Waals surface area contributed by atoms with E-state index < -0.39 is 0 Å². The van der Waals surface area contributed by atoms with Crippen LogP contribution < -0.4 is 5.32 Å². The molecule has 0 radical (unpaired) electrons. The third kappa shape index (κ3) is 3.79. The molecule has 2 heterocycles. The number of rotatable bonds is 6. The number of pyridine rings is 1. The molecule has 1 saturated heterocycles. The fourth-order valence-electron chi connectivity index (χ4n) is 2.83. The Morgan fingerprint density at radius 2 is 2.22 bits per heavy atom. The van der Waals surface area contributed by atoms with Gasteiger partial charge in [-0.1, -0.05) is 19.4 Å². The Balaban J connectivity index is 1.88. The lowest BCUT2D eigenvalue weighted by Crippen LogP contribution is -2.21. The first-order valence-corrected chi connectivity index (χ1v) is 7.13. The van der Waals surface area contributed by atoms with Crippen LogP contribution in [0.15, 0.2) is 18.2 Å². The first-order valence-electron chi connectivity index (χ1n) is 7.13. The molecule has 0 saturated carbocycles. The highest BCUT2D eigenvalue weighted by atomic mass is 15.1. The van der Waals surface area contributed by atoms with Crippen LogP contribution in [-0.2, 0) is 13.1 Å². The Morgan fingerprint density at radius 3 is 3.00 bits per heavy atom. The third-order valence-electron chi connectivity index (χ3n) is 3.67. The molecule has 1 aromatic heterocycles. The average Bonchev–Trinajstić information content (AvgIpc) is 2.78. The van der Waals surface area contributed by atoms with Gasteiger partial charge in [0.25, 0.3) is 0 Å². The molecular formula is C15H25N3. The minimum atomic E-state index is 0.853. The summed E-state index contributed by atoms with van der Waals surface area (Å²) in [4.78, 5) is 7.24. The highest BCUT2D eigenvalue weighted by Crippen LogP contribution is 2.22. The number of nitrogens with zero attached hydrogens (tertiary/aromatic N) is 2. The first-order chi connectivity index (χ1) is 8.81. The summed E-state index contributed by atoms with van der Waals surface area (Å²) in [7, 11) is 1.96. The Hall–Kier alpha value is -0.930. The average molecular weight is 247 g/mol. The number of likely N-dealkylation sites (tertiary alicyclic amines) is 1. The molecule has 0 spiro atoms. The Bertz CT molecular complexity index is 365. The quantitative estimate of drug-likeness (QED) is 0.837. The van der Waals surface area contributed by atoms with Gasteiger partial charge in [0.05, 0.1) is 11.4 Å². The van der Waals surface area contributed by atoms with Gasteiger partial charge < -0.3 is 5.32 Å². The zero-order valence-corrected chi connectivity index (χ0v) is 11.7. The van der Waals surface area contributed by atoms with Gasteiger partial charge in [-0.3, -0.25) is 9.88 Å². The highest BCUT2D eigenvalue weighted by Gasteiger charge is 2.21. The number of hydrogen-bond donors (Lipinski definition) is 1. The van der Waals surface area contributed by atoms with Crippen molar-refractivity contribution < 1.29 is 0 Å². The fourth-order valence-corrected chi connectivity index (χ4v) is 2.83. The van der Waals surface area contributed by atoms with E-state index in [-0.39, 0.29) is 0 Å². The summed E-state index contributed by atoms with van der Waals surface area (Å²) >= 11 is 0. The van der Waals surface area contributed by atoms with E-state index in [1.807, 2.05) is 7.05 Å². The molecule has 0 bridgehead atoms. The lowest BCUT2D eigenvalue weighted by atomic mass is 10.0. The van der Waals surface area contributed by atoms with E-state index in [1.54, 1.807) is 0 Å². The summed E-state index contributed by atoms with van der Waals surface area (Å²) in [6.45, 7) is 6.64. The van der Waals surface area contributed by atoms with Crippen LogP contribution >= 0.6 is 0 Å². The minimum Gasteiger partial charge on any atom is -0.314 e. The largest absolute Gasteiger partial charge is 0.314 e. The first kappa shape index (κ1) is 13.5. The second-order valence-electron chi connectivity index (χ2n) is 5.33. The number of hydrogen-bond acceptors (Lipinski definition) is 3. The van der Waals surface area contributed by atoms with Gasteiger partial charge in [0.15, 0.2) is 0 Å². The summed E-state index contributed by atoms with van der Waals surface area (Å²) in [5.41, 5.74) is 2.35. The molecule has 0 amide bonds. The molecule has 2 rings (SSSR count). The zero-order valence-electron chi connectivity index (χ0n) is 11.7. The van der Waals surface area contributed by atoms with Crippen molar-refractivity contribution in [2.24, 2.45) is 5.92 Å². The number of aromatic nitrogens is 1. The van der Waals surface area contributed by atoms with Crippen molar-refractivity contribution in [2.75, 3.05) is 20.1 Å². The van der Waals surface area contributed by atoms with Crippen LogP contribution in [0.5, 0.6) is 0 Å². The summed E-state index contributed by atoms with van der Waals surface area (Å²) in [6.07, 6.45) is 4.06. The molecule has 0 aromatic carbocycles. The minimum absolute atomic E-state index is 0.853. The molecule has 1 atom stereocenters. The van der Waals surface area contributed by atoms with Crippen molar-refractivity contribution in [2.45, 2.75) is 39.3 Å². The molecule has 1 aliphatic heterocycles. The second-order valence-corrected chi connectivity index (χ2v) is 5.33. The van der Waals surface area contributed by atoms with Gasteiger partial charge in [-0.05, 0) is 44.5 Å². The molecule has 1 aromatic rings. The van der Waals surface area contributed by atoms with Crippen molar-refractivity contribution in [3.8, 4) is 0 Å². The SMILES string of the molecule is CCCC1CCN(Cc2cccc(CNC)n2)C1. The highest BCUT2D eigenvalue weighted by molar-refractivity contribution is 5.11. The maximum Gasteiger partial charge on any atom is 0.0547 e. The molecule has 1 fully saturated rings. The molecule has 3 nitrogen and oxygen atoms in total. The van der Waals surface area contributed by atoms with Crippen LogP contribution in [-0.4, -0.2) is 30.0 Å². The smallest absolute Gasteiger partial charge is 0.0547 e. The zero-order chi connectivity index (χ0) is 12.8. The molecule has 1 N–H and O–H groups in total. The predicted molar refractivity (Wildman–Crippen MR) is 75.3 cm³/mol. The van der Waals surface area contributed by atoms with Crippen LogP contribution in [0.25, 0.3) is 0 Å². The van der Waals surface area contributed by atoms with Crippen molar-refractivity contribution in [1.29, 1.82) is 0 Å². The van der Waals surface area contributed by atoms with Crippen LogP contribution in [0.1, 0.15) is 37.6 Å². The van der Waals surface area contributed by atoms with E-state index in [4.69, 9.17) is 4.98 Å². The molecule has 1 aliphatic rings. The molecule has 18 heavy (non-hydrogen) atoms. The van der Waals surface area contributed by atoms with E-state index in [1.165, 1.54) is 38.0 Å². The second kappa shape index (κ2) is 6.86. The normalized spacial score (nSPS) is 20.4. The maximum absolute atomic E-state index is 4.69. The van der Waals surface area contributed by atoms with E-state index in [9.17, 15) is 0 Å². The maximum atomic E-state index is 4.69. The van der Waals surface area contributed by atoms with Gasteiger partial charge >= 0.3 is 0 Å². The van der Waals surface area contributed by atoms with E-state index in [0.29, 0.717) is 0 Å². The van der Waals surface area contributed by atoms with Crippen molar-refractivity contribution >= 4 is 0 Å². The Kier molecular flexibility index (Phi) is 5.14. The van der Waals surface area contributed by atoms with E-state index in [2.05, 4.69) is 35.3 Å². The Labute approximate surface area is 111 Å². The lowest BCUT2D eigenvalue weighted by Gasteiger charge is -2.15. The van der Waals surface area contributed by atoms with Gasteiger partial charge in [-0.15, -0.1) is 0 Å². The van der Waals surface area contributed by atoms with Crippen molar-refractivity contribution in [1.82, 2.24) is 15.2 Å². The molecule has 100 valence electrons. The van der Waals surface area contributed by atoms with E-state index >= 15 is 0 Å².